The largest absolute Gasteiger partial charge is 0.496 e. The molecule has 0 saturated carbocycles. The van der Waals surface area contributed by atoms with E-state index in [9.17, 15) is 32.1 Å². The fourth-order valence-electron chi connectivity index (χ4n) is 1.21. The van der Waals surface area contributed by atoms with Gasteiger partial charge in [0, 0.05) is 6.07 Å². The van der Waals surface area contributed by atoms with Crippen molar-refractivity contribution in [1.29, 1.82) is 0 Å². The number of rotatable bonds is 3. The molecule has 100 valence electrons. The van der Waals surface area contributed by atoms with E-state index in [2.05, 4.69) is 4.74 Å². The van der Waals surface area contributed by atoms with Crippen LogP contribution in [0.5, 0.6) is 5.75 Å². The molecule has 0 aliphatic heterocycles. The van der Waals surface area contributed by atoms with E-state index in [-0.39, 0.29) is 0 Å². The van der Waals surface area contributed by atoms with Crippen LogP contribution in [0.2, 0.25) is 0 Å². The van der Waals surface area contributed by atoms with Gasteiger partial charge in [-0.15, -0.1) is 0 Å². The number of hydrogen-bond acceptors (Lipinski definition) is 3. The number of non-ortho nitro benzene ring substituents is 1. The van der Waals surface area contributed by atoms with Gasteiger partial charge in [0.2, 0.25) is 0 Å². The summed E-state index contributed by atoms with van der Waals surface area (Å²) < 4.78 is 66.9. The van der Waals surface area contributed by atoms with E-state index in [0.29, 0.717) is 18.2 Å². The summed E-state index contributed by atoms with van der Waals surface area (Å²) in [7, 11) is 0.842. The van der Waals surface area contributed by atoms with Crippen LogP contribution in [0.3, 0.4) is 0 Å². The fraction of sp³-hybridized carbons (Fsp3) is 0.333. The molecule has 0 spiro atoms. The van der Waals surface area contributed by atoms with Crippen molar-refractivity contribution < 1.29 is 31.6 Å². The summed E-state index contributed by atoms with van der Waals surface area (Å²) in [5.41, 5.74) is -2.11. The highest BCUT2D eigenvalue weighted by Crippen LogP contribution is 2.47. The molecule has 0 aromatic heterocycles. The van der Waals surface area contributed by atoms with E-state index in [1.165, 1.54) is 0 Å². The molecule has 1 rings (SSSR count). The van der Waals surface area contributed by atoms with Gasteiger partial charge in [-0.3, -0.25) is 10.1 Å². The predicted octanol–water partition coefficient (Wildman–Crippen LogP) is 3.26. The topological polar surface area (TPSA) is 52.4 Å². The molecule has 18 heavy (non-hydrogen) atoms. The van der Waals surface area contributed by atoms with E-state index in [1.807, 2.05) is 0 Å². The van der Waals surface area contributed by atoms with Crippen molar-refractivity contribution >= 4 is 5.69 Å². The molecule has 1 aromatic carbocycles. The number of nitrogens with zero attached hydrogens (tertiary/aromatic N) is 1. The predicted molar refractivity (Wildman–Crippen MR) is 49.6 cm³/mol. The van der Waals surface area contributed by atoms with Crippen LogP contribution in [0.15, 0.2) is 18.2 Å². The Balaban J connectivity index is 3.38. The van der Waals surface area contributed by atoms with Crippen molar-refractivity contribution in [2.75, 3.05) is 7.11 Å². The Hall–Kier alpha value is -1.93. The van der Waals surface area contributed by atoms with Gasteiger partial charge in [-0.05, 0) is 6.07 Å². The van der Waals surface area contributed by atoms with Crippen LogP contribution in [0.25, 0.3) is 0 Å². The smallest absolute Gasteiger partial charge is 0.458 e. The first-order chi connectivity index (χ1) is 8.11. The lowest BCUT2D eigenvalue weighted by Gasteiger charge is -2.21. The van der Waals surface area contributed by atoms with Gasteiger partial charge in [-0.2, -0.15) is 22.0 Å². The second-order valence-electron chi connectivity index (χ2n) is 3.21. The van der Waals surface area contributed by atoms with Crippen LogP contribution in [-0.4, -0.2) is 18.2 Å². The fourth-order valence-corrected chi connectivity index (χ4v) is 1.21. The normalized spacial score (nSPS) is 12.3. The Bertz CT molecular complexity index is 472. The molecule has 0 aliphatic carbocycles. The van der Waals surface area contributed by atoms with Crippen molar-refractivity contribution in [2.24, 2.45) is 0 Å². The summed E-state index contributed by atoms with van der Waals surface area (Å²) in [5, 5.41) is 10.4. The average Bonchev–Trinajstić information content (AvgIpc) is 2.26. The zero-order valence-electron chi connectivity index (χ0n) is 8.79. The molecular formula is C9H6F5NO3. The summed E-state index contributed by atoms with van der Waals surface area (Å²) in [6.07, 6.45) is -5.81. The van der Waals surface area contributed by atoms with Gasteiger partial charge in [0.05, 0.1) is 23.7 Å². The molecular weight excluding hydrogens is 265 g/mol. The van der Waals surface area contributed by atoms with Gasteiger partial charge >= 0.3 is 12.1 Å². The van der Waals surface area contributed by atoms with Gasteiger partial charge in [0.1, 0.15) is 5.75 Å². The maximum Gasteiger partial charge on any atom is 0.458 e. The summed E-state index contributed by atoms with van der Waals surface area (Å²) >= 11 is 0. The number of hydrogen-bond donors (Lipinski definition) is 0. The third-order valence-corrected chi connectivity index (χ3v) is 2.09. The maximum atomic E-state index is 13.1. The number of nitro benzene ring substituents is 1. The second-order valence-corrected chi connectivity index (χ2v) is 3.21. The van der Waals surface area contributed by atoms with Crippen molar-refractivity contribution in [3.8, 4) is 5.75 Å². The SMILES string of the molecule is COc1cc([N+](=O)[O-])ccc1C(F)(F)C(F)(F)F. The first-order valence-electron chi connectivity index (χ1n) is 4.38. The minimum absolute atomic E-state index is 0.324. The first-order valence-corrected chi connectivity index (χ1v) is 4.38. The van der Waals surface area contributed by atoms with E-state index in [4.69, 9.17) is 0 Å². The average molecular weight is 271 g/mol. The Labute approximate surface area is 97.1 Å². The highest BCUT2D eigenvalue weighted by Gasteiger charge is 2.60. The molecule has 0 N–H and O–H groups in total. The minimum atomic E-state index is -5.81. The second kappa shape index (κ2) is 4.39. The molecule has 0 fully saturated rings. The van der Waals surface area contributed by atoms with Crippen LogP contribution in [0.1, 0.15) is 5.56 Å². The molecule has 4 nitrogen and oxygen atoms in total. The first kappa shape index (κ1) is 14.1. The molecule has 0 amide bonds. The van der Waals surface area contributed by atoms with Crippen LogP contribution in [0.4, 0.5) is 27.6 Å². The minimum Gasteiger partial charge on any atom is -0.496 e. The molecule has 0 bridgehead atoms. The summed E-state index contributed by atoms with van der Waals surface area (Å²) in [5.74, 6) is -6.04. The zero-order valence-corrected chi connectivity index (χ0v) is 8.79. The Morgan fingerprint density at radius 1 is 1.22 bits per heavy atom. The van der Waals surface area contributed by atoms with E-state index >= 15 is 0 Å². The van der Waals surface area contributed by atoms with Gasteiger partial charge in [-0.1, -0.05) is 0 Å². The van der Waals surface area contributed by atoms with Crippen molar-refractivity contribution in [2.45, 2.75) is 12.1 Å². The van der Waals surface area contributed by atoms with Crippen LogP contribution >= 0.6 is 0 Å². The summed E-state index contributed by atoms with van der Waals surface area (Å²) in [6.45, 7) is 0. The molecule has 9 heteroatoms. The summed E-state index contributed by atoms with van der Waals surface area (Å²) in [6, 6.07) is 1.39. The van der Waals surface area contributed by atoms with Gasteiger partial charge in [-0.25, -0.2) is 0 Å². The standard InChI is InChI=1S/C9H6F5NO3/c1-18-7-4-5(15(16)17)2-3-6(7)8(10,11)9(12,13)14/h2-4H,1H3. The molecule has 0 unspecified atom stereocenters. The van der Waals surface area contributed by atoms with Crippen LogP contribution < -0.4 is 4.74 Å². The lowest BCUT2D eigenvalue weighted by atomic mass is 10.1. The number of methoxy groups -OCH3 is 1. The van der Waals surface area contributed by atoms with Crippen LogP contribution in [0, 0.1) is 10.1 Å². The highest BCUT2D eigenvalue weighted by atomic mass is 19.4. The van der Waals surface area contributed by atoms with Gasteiger partial charge in [0.25, 0.3) is 5.69 Å². The van der Waals surface area contributed by atoms with Crippen LogP contribution in [-0.2, 0) is 5.92 Å². The van der Waals surface area contributed by atoms with E-state index in [1.54, 1.807) is 0 Å². The molecule has 0 atom stereocenters. The van der Waals surface area contributed by atoms with Gasteiger partial charge < -0.3 is 4.74 Å². The summed E-state index contributed by atoms with van der Waals surface area (Å²) in [4.78, 5) is 9.43. The molecule has 0 aliphatic rings. The maximum absolute atomic E-state index is 13.1. The number of alkyl halides is 5. The quantitative estimate of drug-likeness (QED) is 0.481. The number of nitro groups is 1. The molecule has 1 aromatic rings. The van der Waals surface area contributed by atoms with Crippen molar-refractivity contribution in [3.63, 3.8) is 0 Å². The Morgan fingerprint density at radius 3 is 2.17 bits per heavy atom. The number of halogens is 5. The van der Waals surface area contributed by atoms with E-state index in [0.717, 1.165) is 7.11 Å². The third-order valence-electron chi connectivity index (χ3n) is 2.09. The van der Waals surface area contributed by atoms with E-state index < -0.39 is 34.0 Å². The monoisotopic (exact) mass is 271 g/mol. The Morgan fingerprint density at radius 2 is 1.78 bits per heavy atom. The van der Waals surface area contributed by atoms with Crippen molar-refractivity contribution in [3.05, 3.63) is 33.9 Å². The zero-order chi connectivity index (χ0) is 14.1. The van der Waals surface area contributed by atoms with Gasteiger partial charge in [0.15, 0.2) is 0 Å². The number of ether oxygens (including phenoxy) is 1. The third kappa shape index (κ3) is 2.34. The van der Waals surface area contributed by atoms with Crippen molar-refractivity contribution in [1.82, 2.24) is 0 Å². The molecule has 0 saturated heterocycles. The number of benzene rings is 1. The molecule has 0 heterocycles. The molecule has 0 radical (unpaired) electrons. The lowest BCUT2D eigenvalue weighted by Crippen LogP contribution is -2.34. The highest BCUT2D eigenvalue weighted by molar-refractivity contribution is 5.46. The lowest BCUT2D eigenvalue weighted by molar-refractivity contribution is -0.385. The Kier molecular flexibility index (Phi) is 3.45.